The van der Waals surface area contributed by atoms with Gasteiger partial charge in [0.25, 0.3) is 5.22 Å². The Morgan fingerprint density at radius 3 is 3.06 bits per heavy atom. The Morgan fingerprint density at radius 2 is 2.24 bits per heavy atom. The number of methoxy groups -OCH3 is 1. The summed E-state index contributed by atoms with van der Waals surface area (Å²) in [6.07, 6.45) is 0. The molecule has 0 saturated heterocycles. The number of hydrogen-bond donors (Lipinski definition) is 1. The van der Waals surface area contributed by atoms with Gasteiger partial charge in [-0.05, 0) is 12.1 Å². The molecule has 4 nitrogen and oxygen atoms in total. The Kier molecular flexibility index (Phi) is 4.85. The van der Waals surface area contributed by atoms with Crippen molar-refractivity contribution in [3.63, 3.8) is 0 Å². The van der Waals surface area contributed by atoms with Crippen LogP contribution in [0.5, 0.6) is 0 Å². The van der Waals surface area contributed by atoms with Crippen molar-refractivity contribution in [3.8, 4) is 0 Å². The summed E-state index contributed by atoms with van der Waals surface area (Å²) in [5.74, 6) is 0.941. The first-order valence-electron chi connectivity index (χ1n) is 5.58. The van der Waals surface area contributed by atoms with Crippen LogP contribution in [0.4, 0.5) is 0 Å². The maximum absolute atomic E-state index is 5.60. The van der Waals surface area contributed by atoms with Crippen molar-refractivity contribution in [1.29, 1.82) is 0 Å². The molecule has 0 fully saturated rings. The minimum Gasteiger partial charge on any atom is -0.431 e. The monoisotopic (exact) mass is 252 g/mol. The van der Waals surface area contributed by atoms with Gasteiger partial charge in [-0.25, -0.2) is 4.98 Å². The third-order valence-corrected chi connectivity index (χ3v) is 3.09. The van der Waals surface area contributed by atoms with Crippen LogP contribution in [0, 0.1) is 0 Å². The van der Waals surface area contributed by atoms with Crippen LogP contribution in [-0.2, 0) is 4.74 Å². The van der Waals surface area contributed by atoms with Crippen molar-refractivity contribution in [1.82, 2.24) is 10.3 Å². The normalized spacial score (nSPS) is 11.1. The molecule has 0 saturated carbocycles. The second kappa shape index (κ2) is 6.64. The summed E-state index contributed by atoms with van der Waals surface area (Å²) in [5.41, 5.74) is 1.77. The van der Waals surface area contributed by atoms with E-state index in [1.165, 1.54) is 0 Å². The Hall–Kier alpha value is -1.04. The van der Waals surface area contributed by atoms with Crippen LogP contribution in [-0.4, -0.2) is 37.5 Å². The first kappa shape index (κ1) is 12.4. The zero-order chi connectivity index (χ0) is 11.9. The number of nitrogens with one attached hydrogen (secondary N) is 1. The molecule has 1 aromatic carbocycles. The fourth-order valence-corrected chi connectivity index (χ4v) is 2.16. The Balaban J connectivity index is 1.75. The highest BCUT2D eigenvalue weighted by atomic mass is 32.2. The number of thioether (sulfide) groups is 1. The highest BCUT2D eigenvalue weighted by molar-refractivity contribution is 7.99. The van der Waals surface area contributed by atoms with Crippen molar-refractivity contribution in [3.05, 3.63) is 24.3 Å². The molecule has 0 unspecified atom stereocenters. The molecular weight excluding hydrogens is 236 g/mol. The lowest BCUT2D eigenvalue weighted by atomic mass is 10.3. The quantitative estimate of drug-likeness (QED) is 0.604. The van der Waals surface area contributed by atoms with Crippen LogP contribution in [0.2, 0.25) is 0 Å². The van der Waals surface area contributed by atoms with Crippen molar-refractivity contribution < 1.29 is 9.15 Å². The summed E-state index contributed by atoms with van der Waals surface area (Å²) in [6.45, 7) is 2.55. The van der Waals surface area contributed by atoms with Gasteiger partial charge in [0.1, 0.15) is 5.52 Å². The molecule has 2 rings (SSSR count). The average molecular weight is 252 g/mol. The fourth-order valence-electron chi connectivity index (χ4n) is 1.42. The summed E-state index contributed by atoms with van der Waals surface area (Å²) in [7, 11) is 1.70. The molecule has 2 aromatic rings. The average Bonchev–Trinajstić information content (AvgIpc) is 2.76. The summed E-state index contributed by atoms with van der Waals surface area (Å²) in [4.78, 5) is 4.39. The molecular formula is C12H16N2O2S. The molecule has 0 aliphatic rings. The van der Waals surface area contributed by atoms with Crippen molar-refractivity contribution in [2.24, 2.45) is 0 Å². The number of rotatable bonds is 7. The van der Waals surface area contributed by atoms with Crippen LogP contribution in [0.25, 0.3) is 11.1 Å². The van der Waals surface area contributed by atoms with Gasteiger partial charge in [-0.3, -0.25) is 0 Å². The minimum absolute atomic E-state index is 0.736. The second-order valence-electron chi connectivity index (χ2n) is 3.54. The number of para-hydroxylation sites is 2. The number of oxazole rings is 1. The molecule has 0 atom stereocenters. The van der Waals surface area contributed by atoms with E-state index in [1.807, 2.05) is 24.3 Å². The Bertz CT molecular complexity index is 425. The van der Waals surface area contributed by atoms with E-state index in [0.717, 1.165) is 41.8 Å². The number of hydrogen-bond acceptors (Lipinski definition) is 5. The molecule has 1 heterocycles. The Labute approximate surface area is 105 Å². The van der Waals surface area contributed by atoms with Gasteiger partial charge in [-0.15, -0.1) is 0 Å². The number of nitrogens with zero attached hydrogens (tertiary/aromatic N) is 1. The second-order valence-corrected chi connectivity index (χ2v) is 4.58. The van der Waals surface area contributed by atoms with Gasteiger partial charge in [0.05, 0.1) is 6.61 Å². The highest BCUT2D eigenvalue weighted by Gasteiger charge is 2.04. The summed E-state index contributed by atoms with van der Waals surface area (Å²) in [6, 6.07) is 7.81. The lowest BCUT2D eigenvalue weighted by Gasteiger charge is -2.01. The molecule has 1 N–H and O–H groups in total. The van der Waals surface area contributed by atoms with Crippen molar-refractivity contribution in [2.45, 2.75) is 5.22 Å². The van der Waals surface area contributed by atoms with Crippen LogP contribution in [0.3, 0.4) is 0 Å². The maximum Gasteiger partial charge on any atom is 0.256 e. The molecule has 0 bridgehead atoms. The van der Waals surface area contributed by atoms with Gasteiger partial charge in [-0.2, -0.15) is 0 Å². The highest BCUT2D eigenvalue weighted by Crippen LogP contribution is 2.22. The van der Waals surface area contributed by atoms with Gasteiger partial charge < -0.3 is 14.5 Å². The van der Waals surface area contributed by atoms with E-state index in [1.54, 1.807) is 18.9 Å². The first-order valence-corrected chi connectivity index (χ1v) is 6.57. The lowest BCUT2D eigenvalue weighted by Crippen LogP contribution is -2.21. The number of ether oxygens (including phenoxy) is 1. The van der Waals surface area contributed by atoms with Gasteiger partial charge >= 0.3 is 0 Å². The third-order valence-electron chi connectivity index (χ3n) is 2.26. The van der Waals surface area contributed by atoms with Crippen LogP contribution in [0.15, 0.2) is 33.9 Å². The van der Waals surface area contributed by atoms with Crippen molar-refractivity contribution >= 4 is 22.9 Å². The number of benzene rings is 1. The third kappa shape index (κ3) is 3.73. The molecule has 0 aliphatic carbocycles. The van der Waals surface area contributed by atoms with Gasteiger partial charge in [-0.1, -0.05) is 23.9 Å². The molecule has 0 aliphatic heterocycles. The van der Waals surface area contributed by atoms with Gasteiger partial charge in [0.15, 0.2) is 5.58 Å². The number of aromatic nitrogens is 1. The minimum atomic E-state index is 0.736. The predicted molar refractivity (Wildman–Crippen MR) is 69.5 cm³/mol. The molecule has 0 radical (unpaired) electrons. The lowest BCUT2D eigenvalue weighted by molar-refractivity contribution is 0.200. The van der Waals surface area contributed by atoms with E-state index in [-0.39, 0.29) is 0 Å². The number of fused-ring (bicyclic) bond motifs is 1. The van der Waals surface area contributed by atoms with Crippen LogP contribution < -0.4 is 5.32 Å². The topological polar surface area (TPSA) is 47.3 Å². The zero-order valence-corrected chi connectivity index (χ0v) is 10.6. The molecule has 5 heteroatoms. The zero-order valence-electron chi connectivity index (χ0n) is 9.81. The largest absolute Gasteiger partial charge is 0.431 e. The van der Waals surface area contributed by atoms with E-state index in [2.05, 4.69) is 10.3 Å². The summed E-state index contributed by atoms with van der Waals surface area (Å²) >= 11 is 1.62. The van der Waals surface area contributed by atoms with Gasteiger partial charge in [0, 0.05) is 26.0 Å². The van der Waals surface area contributed by atoms with Gasteiger partial charge in [0.2, 0.25) is 0 Å². The van der Waals surface area contributed by atoms with E-state index in [0.29, 0.717) is 0 Å². The SMILES string of the molecule is COCCNCCSc1nc2ccccc2o1. The molecule has 17 heavy (non-hydrogen) atoms. The van der Waals surface area contributed by atoms with Crippen molar-refractivity contribution in [2.75, 3.05) is 32.6 Å². The summed E-state index contributed by atoms with van der Waals surface area (Å²) in [5, 5.41) is 4.01. The van der Waals surface area contributed by atoms with E-state index >= 15 is 0 Å². The Morgan fingerprint density at radius 1 is 1.35 bits per heavy atom. The van der Waals surface area contributed by atoms with E-state index < -0.39 is 0 Å². The molecule has 1 aromatic heterocycles. The molecule has 0 amide bonds. The molecule has 0 spiro atoms. The predicted octanol–water partition coefficient (Wildman–Crippen LogP) is 2.16. The van der Waals surface area contributed by atoms with E-state index in [4.69, 9.17) is 9.15 Å². The first-order chi connectivity index (χ1) is 8.40. The van der Waals surface area contributed by atoms with Crippen LogP contribution in [0.1, 0.15) is 0 Å². The van der Waals surface area contributed by atoms with Crippen LogP contribution >= 0.6 is 11.8 Å². The summed E-state index contributed by atoms with van der Waals surface area (Å²) < 4.78 is 10.5. The smallest absolute Gasteiger partial charge is 0.256 e. The van der Waals surface area contributed by atoms with E-state index in [9.17, 15) is 0 Å². The standard InChI is InChI=1S/C12H16N2O2S/c1-15-8-6-13-7-9-17-12-14-10-4-2-3-5-11(10)16-12/h2-5,13H,6-9H2,1H3. The molecule has 92 valence electrons. The fraction of sp³-hybridized carbons (Fsp3) is 0.417. The maximum atomic E-state index is 5.60.